The first-order chi connectivity index (χ1) is 9.45. The van der Waals surface area contributed by atoms with Gasteiger partial charge in [0.1, 0.15) is 0 Å². The highest BCUT2D eigenvalue weighted by Gasteiger charge is 2.10. The van der Waals surface area contributed by atoms with E-state index in [9.17, 15) is 4.79 Å². The molecule has 0 unspecified atom stereocenters. The van der Waals surface area contributed by atoms with Gasteiger partial charge in [0.05, 0.1) is 0 Å². The summed E-state index contributed by atoms with van der Waals surface area (Å²) >= 11 is 7.42. The number of halogens is 1. The quantitative estimate of drug-likeness (QED) is 0.690. The van der Waals surface area contributed by atoms with Gasteiger partial charge in [-0.2, -0.15) is 0 Å². The summed E-state index contributed by atoms with van der Waals surface area (Å²) in [6.45, 7) is 6.02. The molecule has 0 saturated heterocycles. The van der Waals surface area contributed by atoms with E-state index in [1.165, 1.54) is 0 Å². The van der Waals surface area contributed by atoms with E-state index in [1.54, 1.807) is 11.8 Å². The van der Waals surface area contributed by atoms with Crippen molar-refractivity contribution in [2.24, 2.45) is 0 Å². The summed E-state index contributed by atoms with van der Waals surface area (Å²) in [7, 11) is 0. The zero-order chi connectivity index (χ0) is 14.7. The lowest BCUT2D eigenvalue weighted by atomic mass is 10.1. The van der Waals surface area contributed by atoms with E-state index >= 15 is 0 Å². The van der Waals surface area contributed by atoms with Gasteiger partial charge in [0.2, 0.25) is 0 Å². The monoisotopic (exact) mass is 308 g/mol. The molecule has 0 spiro atoms. The molecule has 1 aromatic carbocycles. The van der Waals surface area contributed by atoms with Gasteiger partial charge in [-0.1, -0.05) is 49.3 Å². The Labute approximate surface area is 127 Å². The molecule has 0 amide bonds. The smallest absolute Gasteiger partial charge is 0.255 e. The molecule has 2 aromatic rings. The van der Waals surface area contributed by atoms with E-state index in [0.29, 0.717) is 27.4 Å². The van der Waals surface area contributed by atoms with Crippen LogP contribution in [0.2, 0.25) is 5.02 Å². The van der Waals surface area contributed by atoms with Gasteiger partial charge in [0, 0.05) is 28.0 Å². The molecule has 106 valence electrons. The summed E-state index contributed by atoms with van der Waals surface area (Å²) in [6.07, 6.45) is 0.567. The van der Waals surface area contributed by atoms with Crippen LogP contribution in [0.5, 0.6) is 0 Å². The third kappa shape index (κ3) is 3.87. The van der Waals surface area contributed by atoms with Gasteiger partial charge >= 0.3 is 0 Å². The highest BCUT2D eigenvalue weighted by Crippen LogP contribution is 2.19. The second kappa shape index (κ2) is 6.46. The van der Waals surface area contributed by atoms with Crippen molar-refractivity contribution >= 4 is 23.4 Å². The van der Waals surface area contributed by atoms with Gasteiger partial charge in [0.15, 0.2) is 5.16 Å². The average Bonchev–Trinajstić information content (AvgIpc) is 2.35. The van der Waals surface area contributed by atoms with Crippen molar-refractivity contribution in [1.82, 2.24) is 9.97 Å². The van der Waals surface area contributed by atoms with Crippen molar-refractivity contribution in [2.75, 3.05) is 0 Å². The fourth-order valence-electron chi connectivity index (χ4n) is 1.88. The predicted octanol–water partition coefficient (Wildman–Crippen LogP) is 3.82. The normalized spacial score (nSPS) is 11.1. The molecule has 0 aliphatic heterocycles. The Morgan fingerprint density at radius 1 is 1.30 bits per heavy atom. The number of H-pyrrole nitrogens is 1. The van der Waals surface area contributed by atoms with Crippen LogP contribution in [0, 0.1) is 6.92 Å². The Morgan fingerprint density at radius 2 is 1.95 bits per heavy atom. The lowest BCUT2D eigenvalue weighted by Gasteiger charge is -2.08. The van der Waals surface area contributed by atoms with E-state index in [4.69, 9.17) is 11.6 Å². The van der Waals surface area contributed by atoms with E-state index < -0.39 is 0 Å². The van der Waals surface area contributed by atoms with Gasteiger partial charge in [-0.3, -0.25) is 4.79 Å². The molecule has 0 saturated carbocycles. The van der Waals surface area contributed by atoms with Crippen LogP contribution in [-0.2, 0) is 6.42 Å². The molecule has 1 heterocycles. The summed E-state index contributed by atoms with van der Waals surface area (Å²) in [4.78, 5) is 19.5. The fraction of sp³-hybridized carbons (Fsp3) is 0.333. The Kier molecular flexibility index (Phi) is 4.89. The number of hydrogen-bond donors (Lipinski definition) is 1. The van der Waals surface area contributed by atoms with Crippen molar-refractivity contribution < 1.29 is 0 Å². The molecule has 5 heteroatoms. The van der Waals surface area contributed by atoms with Crippen LogP contribution in [0.1, 0.15) is 30.7 Å². The lowest BCUT2D eigenvalue weighted by Crippen LogP contribution is -2.18. The molecular formula is C15H17ClN2OS. The lowest BCUT2D eigenvalue weighted by molar-refractivity contribution is 0.862. The summed E-state index contributed by atoms with van der Waals surface area (Å²) < 4.78 is 0. The SMILES string of the molecule is Cc1nc(SC(C)C)[nH]c(=O)c1Cc1ccc(Cl)cc1. The van der Waals surface area contributed by atoms with Gasteiger partial charge in [-0.25, -0.2) is 4.98 Å². The number of nitrogens with zero attached hydrogens (tertiary/aromatic N) is 1. The molecule has 3 nitrogen and oxygen atoms in total. The zero-order valence-electron chi connectivity index (χ0n) is 11.7. The van der Waals surface area contributed by atoms with Crippen LogP contribution in [0.15, 0.2) is 34.2 Å². The third-order valence-electron chi connectivity index (χ3n) is 2.84. The summed E-state index contributed by atoms with van der Waals surface area (Å²) in [5.74, 6) is 0. The minimum atomic E-state index is -0.0596. The van der Waals surface area contributed by atoms with E-state index in [-0.39, 0.29) is 5.56 Å². The van der Waals surface area contributed by atoms with Crippen molar-refractivity contribution in [1.29, 1.82) is 0 Å². The standard InChI is InChI=1S/C15H17ClN2OS/c1-9(2)20-15-17-10(3)13(14(19)18-15)8-11-4-6-12(16)7-5-11/h4-7,9H,8H2,1-3H3,(H,17,18,19). The second-order valence-electron chi connectivity index (χ2n) is 4.90. The van der Waals surface area contributed by atoms with Gasteiger partial charge in [0.25, 0.3) is 5.56 Å². The molecular weight excluding hydrogens is 292 g/mol. The number of hydrogen-bond acceptors (Lipinski definition) is 3. The van der Waals surface area contributed by atoms with Crippen LogP contribution in [0.4, 0.5) is 0 Å². The Balaban J connectivity index is 2.28. The summed E-state index contributed by atoms with van der Waals surface area (Å²) in [5, 5.41) is 1.77. The van der Waals surface area contributed by atoms with Gasteiger partial charge < -0.3 is 4.98 Å². The highest BCUT2D eigenvalue weighted by molar-refractivity contribution is 7.99. The maximum absolute atomic E-state index is 12.2. The zero-order valence-corrected chi connectivity index (χ0v) is 13.3. The predicted molar refractivity (Wildman–Crippen MR) is 84.8 cm³/mol. The first kappa shape index (κ1) is 15.1. The maximum atomic E-state index is 12.2. The van der Waals surface area contributed by atoms with Gasteiger partial charge in [-0.15, -0.1) is 0 Å². The number of rotatable bonds is 4. The van der Waals surface area contributed by atoms with Gasteiger partial charge in [-0.05, 0) is 24.6 Å². The molecule has 0 aliphatic carbocycles. The fourth-order valence-corrected chi connectivity index (χ4v) is 2.79. The third-order valence-corrected chi connectivity index (χ3v) is 3.98. The number of benzene rings is 1. The molecule has 0 aliphatic rings. The highest BCUT2D eigenvalue weighted by atomic mass is 35.5. The molecule has 2 rings (SSSR count). The van der Waals surface area contributed by atoms with E-state index in [1.807, 2.05) is 31.2 Å². The summed E-state index contributed by atoms with van der Waals surface area (Å²) in [5.41, 5.74) is 2.48. The Bertz CT molecular complexity index is 650. The average molecular weight is 309 g/mol. The number of nitrogens with one attached hydrogen (secondary N) is 1. The molecule has 0 radical (unpaired) electrons. The van der Waals surface area contributed by atoms with E-state index in [2.05, 4.69) is 23.8 Å². The first-order valence-electron chi connectivity index (χ1n) is 6.46. The molecule has 0 atom stereocenters. The van der Waals surface area contributed by atoms with Crippen LogP contribution >= 0.6 is 23.4 Å². The topological polar surface area (TPSA) is 45.8 Å². The van der Waals surface area contributed by atoms with Crippen molar-refractivity contribution in [3.8, 4) is 0 Å². The van der Waals surface area contributed by atoms with Crippen LogP contribution in [-0.4, -0.2) is 15.2 Å². The minimum Gasteiger partial charge on any atom is -0.301 e. The number of aromatic amines is 1. The van der Waals surface area contributed by atoms with Crippen LogP contribution in [0.3, 0.4) is 0 Å². The Morgan fingerprint density at radius 3 is 2.50 bits per heavy atom. The van der Waals surface area contributed by atoms with Crippen LogP contribution in [0.25, 0.3) is 0 Å². The largest absolute Gasteiger partial charge is 0.301 e. The maximum Gasteiger partial charge on any atom is 0.255 e. The second-order valence-corrected chi connectivity index (χ2v) is 6.91. The molecule has 0 bridgehead atoms. The Hall–Kier alpha value is -1.26. The minimum absolute atomic E-state index is 0.0596. The van der Waals surface area contributed by atoms with Crippen molar-refractivity contribution in [3.63, 3.8) is 0 Å². The molecule has 1 aromatic heterocycles. The van der Waals surface area contributed by atoms with E-state index in [0.717, 1.165) is 11.3 Å². The molecule has 1 N–H and O–H groups in total. The molecule has 0 fully saturated rings. The first-order valence-corrected chi connectivity index (χ1v) is 7.72. The van der Waals surface area contributed by atoms with Crippen molar-refractivity contribution in [2.45, 2.75) is 37.6 Å². The number of aromatic nitrogens is 2. The van der Waals surface area contributed by atoms with Crippen LogP contribution < -0.4 is 5.56 Å². The number of thioether (sulfide) groups is 1. The van der Waals surface area contributed by atoms with Crippen molar-refractivity contribution in [3.05, 3.63) is 56.5 Å². The molecule has 20 heavy (non-hydrogen) atoms. The number of aryl methyl sites for hydroxylation is 1. The summed E-state index contributed by atoms with van der Waals surface area (Å²) in [6, 6.07) is 7.52.